The van der Waals surface area contributed by atoms with E-state index in [0.29, 0.717) is 0 Å². The molecular weight excluding hydrogens is 416 g/mol. The third-order valence-corrected chi connectivity index (χ3v) is 5.81. The van der Waals surface area contributed by atoms with Gasteiger partial charge in [0.05, 0.1) is 17.1 Å². The summed E-state index contributed by atoms with van der Waals surface area (Å²) >= 11 is 0. The maximum atomic E-state index is 6.71. The van der Waals surface area contributed by atoms with Gasteiger partial charge in [0.2, 0.25) is 0 Å². The highest BCUT2D eigenvalue weighted by molar-refractivity contribution is 5.85. The molecule has 0 saturated heterocycles. The number of aryl methyl sites for hydroxylation is 1. The molecule has 5 N–H and O–H groups in total. The van der Waals surface area contributed by atoms with Crippen molar-refractivity contribution in [3.8, 4) is 0 Å². The number of anilines is 1. The average Bonchev–Trinajstić information content (AvgIpc) is 3.16. The van der Waals surface area contributed by atoms with Crippen LogP contribution in [0.1, 0.15) is 56.7 Å². The molecule has 182 valence electrons. The molecule has 4 rings (SSSR count). The molecule has 0 atom stereocenters. The first-order valence-corrected chi connectivity index (χ1v) is 12.5. The van der Waals surface area contributed by atoms with Gasteiger partial charge in [0.25, 0.3) is 0 Å². The van der Waals surface area contributed by atoms with E-state index in [1.807, 2.05) is 39.1 Å². The van der Waals surface area contributed by atoms with Crippen LogP contribution in [0, 0.1) is 6.92 Å². The van der Waals surface area contributed by atoms with Gasteiger partial charge < -0.3 is 11.1 Å². The molecule has 2 aliphatic carbocycles. The number of nitrogens with one attached hydrogen (secondary N) is 1. The van der Waals surface area contributed by atoms with Crippen molar-refractivity contribution < 1.29 is 0 Å². The van der Waals surface area contributed by atoms with Gasteiger partial charge in [0.15, 0.2) is 0 Å². The van der Waals surface area contributed by atoms with Crippen LogP contribution in [-0.2, 0) is 6.42 Å². The second kappa shape index (κ2) is 14.2. The van der Waals surface area contributed by atoms with Gasteiger partial charge in [0.1, 0.15) is 0 Å². The van der Waals surface area contributed by atoms with Gasteiger partial charge in [0, 0.05) is 5.56 Å². The molecule has 0 heterocycles. The Hall–Kier alpha value is -3.08. The van der Waals surface area contributed by atoms with Crippen molar-refractivity contribution in [2.75, 3.05) is 18.6 Å². The molecule has 0 unspecified atom stereocenters. The summed E-state index contributed by atoms with van der Waals surface area (Å²) in [4.78, 5) is 0. The third kappa shape index (κ3) is 6.96. The van der Waals surface area contributed by atoms with Crippen molar-refractivity contribution in [1.29, 1.82) is 0 Å². The molecule has 4 nitrogen and oxygen atoms in total. The first-order chi connectivity index (χ1) is 16.6. The smallest absolute Gasteiger partial charge is 0.0885 e. The van der Waals surface area contributed by atoms with Gasteiger partial charge in [-0.15, -0.1) is 0 Å². The molecule has 34 heavy (non-hydrogen) atoms. The zero-order valence-corrected chi connectivity index (χ0v) is 21.6. The van der Waals surface area contributed by atoms with Gasteiger partial charge in [-0.1, -0.05) is 99.0 Å². The summed E-state index contributed by atoms with van der Waals surface area (Å²) in [6.45, 7) is 9.42. The second-order valence-electron chi connectivity index (χ2n) is 8.27. The Labute approximate surface area is 206 Å². The van der Waals surface area contributed by atoms with Gasteiger partial charge >= 0.3 is 0 Å². The molecular formula is C30H42N4. The van der Waals surface area contributed by atoms with Crippen molar-refractivity contribution in [3.63, 3.8) is 0 Å². The van der Waals surface area contributed by atoms with Crippen molar-refractivity contribution >= 4 is 11.4 Å². The van der Waals surface area contributed by atoms with Crippen LogP contribution < -0.4 is 21.9 Å². The Kier molecular flexibility index (Phi) is 11.4. The first-order valence-electron chi connectivity index (χ1n) is 12.5. The Bertz CT molecular complexity index is 1020. The minimum Gasteiger partial charge on any atom is -0.396 e. The molecule has 0 aliphatic heterocycles. The average molecular weight is 459 g/mol. The number of benzene rings is 2. The first kappa shape index (κ1) is 27.2. The largest absolute Gasteiger partial charge is 0.396 e. The number of hydrogen-bond donors (Lipinski definition) is 3. The van der Waals surface area contributed by atoms with Crippen LogP contribution in [0.15, 0.2) is 89.7 Å². The van der Waals surface area contributed by atoms with E-state index < -0.39 is 0 Å². The van der Waals surface area contributed by atoms with Crippen LogP contribution >= 0.6 is 0 Å². The van der Waals surface area contributed by atoms with Crippen LogP contribution in [-0.4, -0.2) is 13.6 Å². The molecule has 0 amide bonds. The number of fused-ring (bicyclic) bond motifs is 1. The second-order valence-corrected chi connectivity index (χ2v) is 8.27. The number of rotatable bonds is 5. The van der Waals surface area contributed by atoms with Crippen molar-refractivity contribution in [1.82, 2.24) is 5.32 Å². The number of hydrogen-bond acceptors (Lipinski definition) is 4. The summed E-state index contributed by atoms with van der Waals surface area (Å²) in [5, 5.41) is 4.79. The molecule has 0 spiro atoms. The lowest BCUT2D eigenvalue weighted by atomic mass is 9.97. The summed E-state index contributed by atoms with van der Waals surface area (Å²) in [5.74, 6) is 6.59. The number of unbranched alkanes of at least 4 members (excludes halogenated alkanes) is 1. The van der Waals surface area contributed by atoms with Crippen LogP contribution in [0.25, 0.3) is 5.70 Å². The van der Waals surface area contributed by atoms with Crippen LogP contribution in [0.2, 0.25) is 0 Å². The minimum atomic E-state index is 0.730. The molecule has 2 aromatic carbocycles. The maximum Gasteiger partial charge on any atom is 0.0885 e. The molecule has 0 saturated carbocycles. The lowest BCUT2D eigenvalue weighted by Gasteiger charge is -2.25. The highest BCUT2D eigenvalue weighted by Gasteiger charge is 2.24. The van der Waals surface area contributed by atoms with Crippen LogP contribution in [0.3, 0.4) is 0 Å². The fourth-order valence-corrected chi connectivity index (χ4v) is 3.97. The lowest BCUT2D eigenvalue weighted by molar-refractivity contribution is 0.711. The molecule has 0 radical (unpaired) electrons. The fraction of sp³-hybridized carbons (Fsp3) is 0.333. The number of allylic oxidation sites excluding steroid dienone is 5. The van der Waals surface area contributed by atoms with Gasteiger partial charge in [-0.25, -0.2) is 5.84 Å². The monoisotopic (exact) mass is 458 g/mol. The fourth-order valence-electron chi connectivity index (χ4n) is 3.97. The summed E-state index contributed by atoms with van der Waals surface area (Å²) in [6, 6.07) is 16.6. The third-order valence-electron chi connectivity index (χ3n) is 5.81. The van der Waals surface area contributed by atoms with E-state index in [1.54, 1.807) is 5.01 Å². The van der Waals surface area contributed by atoms with Crippen LogP contribution in [0.5, 0.6) is 0 Å². The van der Waals surface area contributed by atoms with Crippen LogP contribution in [0.4, 0.5) is 5.69 Å². The van der Waals surface area contributed by atoms with Crippen molar-refractivity contribution in [3.05, 3.63) is 106 Å². The molecule has 0 fully saturated rings. The Balaban J connectivity index is 0.000000447. The molecule has 4 heteroatoms. The summed E-state index contributed by atoms with van der Waals surface area (Å²) in [7, 11) is 1.98. The van der Waals surface area contributed by atoms with Gasteiger partial charge in [-0.3, -0.25) is 5.01 Å². The summed E-state index contributed by atoms with van der Waals surface area (Å²) in [6.07, 6.45) is 12.8. The van der Waals surface area contributed by atoms with E-state index in [2.05, 4.69) is 73.8 Å². The number of nitrogens with zero attached hydrogens (tertiary/aromatic N) is 1. The van der Waals surface area contributed by atoms with Gasteiger partial charge in [-0.05, 0) is 63.0 Å². The Morgan fingerprint density at radius 1 is 1.00 bits per heavy atom. The van der Waals surface area contributed by atoms with Crippen molar-refractivity contribution in [2.24, 2.45) is 11.6 Å². The predicted octanol–water partition coefficient (Wildman–Crippen LogP) is 6.40. The number of hydrazine groups is 1. The van der Waals surface area contributed by atoms with E-state index in [0.717, 1.165) is 47.6 Å². The van der Waals surface area contributed by atoms with E-state index in [1.165, 1.54) is 29.5 Å². The zero-order chi connectivity index (χ0) is 24.9. The summed E-state index contributed by atoms with van der Waals surface area (Å²) < 4.78 is 0. The van der Waals surface area contributed by atoms with E-state index >= 15 is 0 Å². The normalized spacial score (nSPS) is 14.1. The Morgan fingerprint density at radius 2 is 1.71 bits per heavy atom. The quantitative estimate of drug-likeness (QED) is 0.275. The van der Waals surface area contributed by atoms with Gasteiger partial charge in [-0.2, -0.15) is 0 Å². The topological polar surface area (TPSA) is 67.3 Å². The predicted molar refractivity (Wildman–Crippen MR) is 149 cm³/mol. The SMILES string of the molecule is CC.CCCCNC.Cc1ccc(N(N)C2=C(N)C3=C(CC=CC=C3)Cc3ccccc32)cc1. The maximum absolute atomic E-state index is 6.71. The minimum absolute atomic E-state index is 0.730. The highest BCUT2D eigenvalue weighted by Crippen LogP contribution is 2.36. The number of nitrogens with two attached hydrogens (primary N) is 2. The molecule has 2 aromatic rings. The standard InChI is InChI=1S/C23H23N3.C5H13N.C2H6/c1-16-11-13-19(14-12-16)26(25)23-21-10-6-5-8-18(21)15-17-7-3-2-4-9-20(17)22(23)24;1-3-4-5-6-2;1-2/h2-6,8-14H,7,15,24-25H2,1H3;6H,3-5H2,1-2H3;1-2H3. The molecule has 0 bridgehead atoms. The molecule has 2 aliphatic rings. The Morgan fingerprint density at radius 3 is 2.35 bits per heavy atom. The highest BCUT2D eigenvalue weighted by atomic mass is 15.4. The molecule has 0 aromatic heterocycles. The lowest BCUT2D eigenvalue weighted by Crippen LogP contribution is -2.31. The summed E-state index contributed by atoms with van der Waals surface area (Å²) in [5.41, 5.74) is 15.2. The van der Waals surface area contributed by atoms with E-state index in [4.69, 9.17) is 11.6 Å². The van der Waals surface area contributed by atoms with Crippen molar-refractivity contribution in [2.45, 2.75) is 53.4 Å². The van der Waals surface area contributed by atoms with E-state index in [9.17, 15) is 0 Å². The van der Waals surface area contributed by atoms with E-state index in [-0.39, 0.29) is 0 Å². The zero-order valence-electron chi connectivity index (χ0n) is 21.6.